The molecule has 7 nitrogen and oxygen atoms in total. The lowest BCUT2D eigenvalue weighted by Crippen LogP contribution is -2.71. The van der Waals surface area contributed by atoms with Crippen LogP contribution in [0.1, 0.15) is 53.2 Å². The molecule has 1 aromatic heterocycles. The minimum Gasteiger partial charge on any atom is -0.400 e. The second-order valence-electron chi connectivity index (χ2n) is 14.4. The highest BCUT2D eigenvalue weighted by Crippen LogP contribution is 2.41. The first-order valence-corrected chi connectivity index (χ1v) is 19.1. The number of piperazine rings is 1. The van der Waals surface area contributed by atoms with Gasteiger partial charge in [0.15, 0.2) is 6.23 Å². The van der Waals surface area contributed by atoms with Gasteiger partial charge < -0.3 is 18.8 Å². The van der Waals surface area contributed by atoms with Gasteiger partial charge in [-0.15, -0.1) is 0 Å². The van der Waals surface area contributed by atoms with Gasteiger partial charge in [0, 0.05) is 38.2 Å². The first-order valence-electron chi connectivity index (χ1n) is 16.9. The minimum atomic E-state index is -2.73. The summed E-state index contributed by atoms with van der Waals surface area (Å²) in [5, 5.41) is 9.04. The maximum Gasteiger partial charge on any atom is 0.261 e. The molecule has 46 heavy (non-hydrogen) atoms. The number of hydrogen-bond donors (Lipinski definition) is 0. The predicted molar refractivity (Wildman–Crippen MR) is 189 cm³/mol. The first kappa shape index (κ1) is 31.9. The number of rotatable bonds is 7. The number of fused-ring (bicyclic) bond motifs is 1. The van der Waals surface area contributed by atoms with E-state index in [-0.39, 0.29) is 22.9 Å². The van der Waals surface area contributed by atoms with Gasteiger partial charge >= 0.3 is 0 Å². The molecule has 0 amide bonds. The molecule has 0 spiro atoms. The average Bonchev–Trinajstić information content (AvgIpc) is 3.67. The molecule has 3 aliphatic rings. The number of benzene rings is 3. The summed E-state index contributed by atoms with van der Waals surface area (Å²) >= 11 is 6.92. The van der Waals surface area contributed by atoms with E-state index in [0.29, 0.717) is 13.2 Å². The van der Waals surface area contributed by atoms with E-state index in [4.69, 9.17) is 30.6 Å². The Morgan fingerprint density at radius 3 is 2.22 bits per heavy atom. The third kappa shape index (κ3) is 5.61. The fourth-order valence-corrected chi connectivity index (χ4v) is 13.0. The summed E-state index contributed by atoms with van der Waals surface area (Å²) in [6.07, 6.45) is 5.11. The highest BCUT2D eigenvalue weighted by molar-refractivity contribution is 6.99. The van der Waals surface area contributed by atoms with Gasteiger partial charge in [0.05, 0.1) is 47.3 Å². The Balaban J connectivity index is 1.14. The van der Waals surface area contributed by atoms with Gasteiger partial charge in [-0.05, 0) is 53.7 Å². The molecule has 7 rings (SSSR count). The van der Waals surface area contributed by atoms with Crippen molar-refractivity contribution in [2.75, 3.05) is 50.9 Å². The van der Waals surface area contributed by atoms with Crippen LogP contribution in [-0.4, -0.2) is 80.6 Å². The van der Waals surface area contributed by atoms with Crippen LogP contribution in [0.2, 0.25) is 10.1 Å². The number of hydrogen-bond acceptors (Lipinski definition) is 6. The van der Waals surface area contributed by atoms with Crippen LogP contribution in [0, 0.1) is 0 Å². The lowest BCUT2D eigenvalue weighted by molar-refractivity contribution is -0.0366. The van der Waals surface area contributed by atoms with Gasteiger partial charge in [-0.1, -0.05) is 93.0 Å². The summed E-state index contributed by atoms with van der Waals surface area (Å²) in [4.78, 5) is 5.03. The van der Waals surface area contributed by atoms with E-state index in [1.807, 2.05) is 10.9 Å². The molecule has 0 bridgehead atoms. The summed E-state index contributed by atoms with van der Waals surface area (Å²) < 4.78 is 22.1. The zero-order valence-corrected chi connectivity index (χ0v) is 29.4. The molecule has 3 atom stereocenters. The molecule has 3 aliphatic heterocycles. The highest BCUT2D eigenvalue weighted by atomic mass is 35.5. The van der Waals surface area contributed by atoms with E-state index in [9.17, 15) is 0 Å². The SMILES string of the molecule is CC1(N2CCN(c3cc4c(cnn4C4CCCCO4)cc3Cl)CC2)COCC1O[Si](c1ccccc1)(c1ccccc1)C(C)(C)C. The second-order valence-corrected chi connectivity index (χ2v) is 19.0. The molecule has 3 unspecified atom stereocenters. The molecule has 244 valence electrons. The first-order chi connectivity index (χ1) is 22.2. The molecule has 4 heterocycles. The van der Waals surface area contributed by atoms with Gasteiger partial charge in [-0.25, -0.2) is 4.68 Å². The lowest BCUT2D eigenvalue weighted by atomic mass is 9.95. The molecule has 0 N–H and O–H groups in total. The van der Waals surface area contributed by atoms with Crippen LogP contribution in [0.4, 0.5) is 5.69 Å². The Kier molecular flexibility index (Phi) is 8.80. The molecular formula is C37H47ClN4O3Si. The van der Waals surface area contributed by atoms with E-state index < -0.39 is 8.32 Å². The van der Waals surface area contributed by atoms with Crippen molar-refractivity contribution in [3.05, 3.63) is 84.0 Å². The van der Waals surface area contributed by atoms with E-state index >= 15 is 0 Å². The van der Waals surface area contributed by atoms with Crippen molar-refractivity contribution in [2.24, 2.45) is 0 Å². The minimum absolute atomic E-state index is 0.00749. The van der Waals surface area contributed by atoms with E-state index in [0.717, 1.165) is 73.7 Å². The molecule has 4 aromatic rings. The smallest absolute Gasteiger partial charge is 0.261 e. The van der Waals surface area contributed by atoms with Crippen LogP contribution in [-0.2, 0) is 13.9 Å². The fraction of sp³-hybridized carbons (Fsp3) is 0.486. The monoisotopic (exact) mass is 658 g/mol. The van der Waals surface area contributed by atoms with E-state index in [2.05, 4.69) is 110 Å². The summed E-state index contributed by atoms with van der Waals surface area (Å²) in [6, 6.07) is 26.1. The topological polar surface area (TPSA) is 52.0 Å². The standard InChI is InChI=1S/C37H47ClN4O3Si/c1-36(2,3)46(29-13-7-5-8-14-29,30-15-9-6-10-16-30)45-34-26-43-27-37(34,4)41-20-18-40(19-21-41)33-24-32-28(23-31(33)38)25-39-42(32)35-17-11-12-22-44-35/h5-10,13-16,23-25,34-35H,11-12,17-22,26-27H2,1-4H3. The van der Waals surface area contributed by atoms with Crippen molar-refractivity contribution < 1.29 is 13.9 Å². The Hall–Kier alpha value is -2.72. The van der Waals surface area contributed by atoms with Crippen molar-refractivity contribution in [1.82, 2.24) is 14.7 Å². The Morgan fingerprint density at radius 1 is 0.935 bits per heavy atom. The third-order valence-corrected chi connectivity index (χ3v) is 15.9. The lowest BCUT2D eigenvalue weighted by Gasteiger charge is -2.50. The van der Waals surface area contributed by atoms with Gasteiger partial charge in [-0.2, -0.15) is 5.10 Å². The summed E-state index contributed by atoms with van der Waals surface area (Å²) in [7, 11) is -2.73. The number of ether oxygens (including phenoxy) is 2. The fourth-order valence-electron chi connectivity index (χ4n) is 7.91. The molecule has 0 radical (unpaired) electrons. The molecule has 9 heteroatoms. The normalized spacial score (nSPS) is 24.9. The average molecular weight is 659 g/mol. The Bertz CT molecular complexity index is 1590. The predicted octanol–water partition coefficient (Wildman–Crippen LogP) is 6.24. The van der Waals surface area contributed by atoms with Crippen LogP contribution in [0.3, 0.4) is 0 Å². The van der Waals surface area contributed by atoms with Crippen molar-refractivity contribution in [1.29, 1.82) is 0 Å². The molecule has 0 saturated carbocycles. The second kappa shape index (κ2) is 12.7. The third-order valence-electron chi connectivity index (χ3n) is 10.5. The zero-order chi connectivity index (χ0) is 31.9. The molecule has 0 aliphatic carbocycles. The number of anilines is 1. The van der Waals surface area contributed by atoms with E-state index in [1.54, 1.807) is 0 Å². The summed E-state index contributed by atoms with van der Waals surface area (Å²) in [5.41, 5.74) is 1.91. The molecule has 3 fully saturated rings. The molecule has 3 saturated heterocycles. The van der Waals surface area contributed by atoms with Crippen molar-refractivity contribution in [3.8, 4) is 0 Å². The highest BCUT2D eigenvalue weighted by Gasteiger charge is 2.56. The quantitative estimate of drug-likeness (QED) is 0.219. The maximum absolute atomic E-state index is 7.66. The van der Waals surface area contributed by atoms with Gasteiger partial charge in [0.1, 0.15) is 0 Å². The van der Waals surface area contributed by atoms with Gasteiger partial charge in [0.2, 0.25) is 0 Å². The molecule has 3 aromatic carbocycles. The molecular weight excluding hydrogens is 612 g/mol. The largest absolute Gasteiger partial charge is 0.400 e. The van der Waals surface area contributed by atoms with Gasteiger partial charge in [0.25, 0.3) is 8.32 Å². The zero-order valence-electron chi connectivity index (χ0n) is 27.6. The van der Waals surface area contributed by atoms with Crippen molar-refractivity contribution >= 4 is 46.9 Å². The number of nitrogens with zero attached hydrogens (tertiary/aromatic N) is 4. The van der Waals surface area contributed by atoms with Crippen LogP contribution < -0.4 is 15.3 Å². The Labute approximate surface area is 279 Å². The number of aromatic nitrogens is 2. The van der Waals surface area contributed by atoms with E-state index in [1.165, 1.54) is 10.4 Å². The Morgan fingerprint density at radius 2 is 1.61 bits per heavy atom. The van der Waals surface area contributed by atoms with Crippen LogP contribution in [0.5, 0.6) is 0 Å². The van der Waals surface area contributed by atoms with Crippen LogP contribution in [0.15, 0.2) is 79.0 Å². The summed E-state index contributed by atoms with van der Waals surface area (Å²) in [6.45, 7) is 15.0. The van der Waals surface area contributed by atoms with Gasteiger partial charge in [-0.3, -0.25) is 4.90 Å². The number of halogens is 1. The van der Waals surface area contributed by atoms with Crippen molar-refractivity contribution in [3.63, 3.8) is 0 Å². The summed E-state index contributed by atoms with van der Waals surface area (Å²) in [5.74, 6) is 0. The van der Waals surface area contributed by atoms with Crippen LogP contribution >= 0.6 is 11.6 Å². The maximum atomic E-state index is 7.66. The van der Waals surface area contributed by atoms with Crippen LogP contribution in [0.25, 0.3) is 10.9 Å². The van der Waals surface area contributed by atoms with Crippen molar-refractivity contribution in [2.45, 2.75) is 69.9 Å².